The molecular weight excluding hydrogens is 420 g/mol. The van der Waals surface area contributed by atoms with Crippen molar-refractivity contribution in [3.63, 3.8) is 0 Å². The van der Waals surface area contributed by atoms with E-state index >= 15 is 0 Å². The first-order chi connectivity index (χ1) is 14.5. The third-order valence-corrected chi connectivity index (χ3v) is 5.20. The zero-order valence-corrected chi connectivity index (χ0v) is 20.0. The second-order valence-corrected chi connectivity index (χ2v) is 7.99. The minimum absolute atomic E-state index is 0. The van der Waals surface area contributed by atoms with Crippen molar-refractivity contribution >= 4 is 11.4 Å². The number of para-hydroxylation sites is 2. The molecule has 0 amide bonds. The Morgan fingerprint density at radius 2 is 1.10 bits per heavy atom. The molecule has 168 valence electrons. The Labute approximate surface area is 198 Å². The van der Waals surface area contributed by atoms with Crippen LogP contribution in [0.5, 0.6) is 0 Å². The van der Waals surface area contributed by atoms with Crippen molar-refractivity contribution in [2.24, 2.45) is 0 Å². The number of anilines is 2. The fraction of sp³-hybridized carbons (Fsp3) is 0.214. The Kier molecular flexibility index (Phi) is 9.65. The molecule has 0 bridgehead atoms. The van der Waals surface area contributed by atoms with Crippen LogP contribution in [-0.4, -0.2) is 28.2 Å². The van der Waals surface area contributed by atoms with Gasteiger partial charge in [0.25, 0.3) is 0 Å². The second-order valence-electron chi connectivity index (χ2n) is 7.99. The second kappa shape index (κ2) is 12.2. The van der Waals surface area contributed by atoms with Crippen molar-refractivity contribution in [3.05, 3.63) is 119 Å². The van der Waals surface area contributed by atoms with E-state index in [9.17, 15) is 0 Å². The first-order valence-electron chi connectivity index (χ1n) is 10.5. The van der Waals surface area contributed by atoms with Crippen LogP contribution in [0, 0.1) is 0 Å². The summed E-state index contributed by atoms with van der Waals surface area (Å²) in [5.41, 5.74) is 8.13. The van der Waals surface area contributed by atoms with Crippen molar-refractivity contribution in [3.8, 4) is 0 Å². The minimum atomic E-state index is 0. The summed E-state index contributed by atoms with van der Waals surface area (Å²) in [6.45, 7) is 0. The summed E-state index contributed by atoms with van der Waals surface area (Å²) < 4.78 is 0. The smallest absolute Gasteiger partial charge is 0.0386 e. The van der Waals surface area contributed by atoms with E-state index in [4.69, 9.17) is 0 Å². The third-order valence-electron chi connectivity index (χ3n) is 5.20. The maximum atomic E-state index is 2.20. The zero-order chi connectivity index (χ0) is 21.3. The van der Waals surface area contributed by atoms with E-state index in [0.717, 1.165) is 12.8 Å². The molecular formula is C28H32FeN2-6. The standard InChI is InChI=1S/2C14H16N.Fe/c2*1-15(2)14-10-6-5-9-13(14)11-12-7-3-4-8-12;/h2*3-10H,11H2,1-2H3;/q-5;-1;. The molecule has 0 saturated heterocycles. The molecule has 4 aromatic rings. The number of benzene rings is 2. The van der Waals surface area contributed by atoms with Crippen molar-refractivity contribution in [1.29, 1.82) is 0 Å². The van der Waals surface area contributed by atoms with Crippen LogP contribution < -0.4 is 9.80 Å². The van der Waals surface area contributed by atoms with Gasteiger partial charge in [0.05, 0.1) is 0 Å². The summed E-state index contributed by atoms with van der Waals surface area (Å²) in [4.78, 5) is 4.33. The predicted octanol–water partition coefficient (Wildman–Crippen LogP) is 6.12. The first-order valence-corrected chi connectivity index (χ1v) is 10.5. The fourth-order valence-corrected chi connectivity index (χ4v) is 3.70. The van der Waals surface area contributed by atoms with Gasteiger partial charge in [-0.05, 0) is 24.1 Å². The molecule has 0 atom stereocenters. The summed E-state index contributed by atoms with van der Waals surface area (Å²) in [5, 5.41) is 0. The normalized spacial score (nSPS) is 9.94. The van der Waals surface area contributed by atoms with E-state index in [1.54, 1.807) is 0 Å². The van der Waals surface area contributed by atoms with Crippen molar-refractivity contribution in [2.75, 3.05) is 38.0 Å². The number of nitrogens with zero attached hydrogens (tertiary/aromatic N) is 2. The van der Waals surface area contributed by atoms with Gasteiger partial charge in [0, 0.05) is 56.6 Å². The van der Waals surface area contributed by atoms with Gasteiger partial charge < -0.3 is 39.6 Å². The zero-order valence-electron chi connectivity index (χ0n) is 18.9. The quantitative estimate of drug-likeness (QED) is 0.257. The van der Waals surface area contributed by atoms with Gasteiger partial charge >= 0.3 is 0 Å². The van der Waals surface area contributed by atoms with E-state index < -0.39 is 0 Å². The van der Waals surface area contributed by atoms with Gasteiger partial charge in [0.2, 0.25) is 0 Å². The van der Waals surface area contributed by atoms with Crippen LogP contribution in [0.1, 0.15) is 22.3 Å². The molecule has 0 N–H and O–H groups in total. The van der Waals surface area contributed by atoms with Crippen LogP contribution in [0.15, 0.2) is 97.1 Å². The van der Waals surface area contributed by atoms with Crippen LogP contribution in [-0.2, 0) is 29.9 Å². The average molecular weight is 452 g/mol. The minimum Gasteiger partial charge on any atom is -0.748 e. The molecule has 2 nitrogen and oxygen atoms in total. The molecule has 4 aromatic carbocycles. The molecule has 3 heteroatoms. The number of rotatable bonds is 6. The Balaban J connectivity index is 0.000000213. The van der Waals surface area contributed by atoms with Crippen LogP contribution >= 0.6 is 0 Å². The van der Waals surface area contributed by atoms with Gasteiger partial charge in [-0.3, -0.25) is 0 Å². The molecule has 0 fully saturated rings. The van der Waals surface area contributed by atoms with Crippen molar-refractivity contribution in [1.82, 2.24) is 0 Å². The van der Waals surface area contributed by atoms with Gasteiger partial charge in [0.1, 0.15) is 0 Å². The molecule has 0 unspecified atom stereocenters. The van der Waals surface area contributed by atoms with Gasteiger partial charge in [-0.15, -0.1) is 0 Å². The fourth-order valence-electron chi connectivity index (χ4n) is 3.70. The molecule has 31 heavy (non-hydrogen) atoms. The number of hydrogen-bond donors (Lipinski definition) is 0. The van der Waals surface area contributed by atoms with Crippen LogP contribution in [0.3, 0.4) is 0 Å². The van der Waals surface area contributed by atoms with Gasteiger partial charge in [-0.25, -0.2) is 12.1 Å². The summed E-state index contributed by atoms with van der Waals surface area (Å²) in [5.74, 6) is 0. The first kappa shape index (κ1) is 24.5. The molecule has 0 radical (unpaired) electrons. The molecule has 0 aliphatic heterocycles. The Hall–Kier alpha value is -2.74. The van der Waals surface area contributed by atoms with Crippen LogP contribution in [0.25, 0.3) is 0 Å². The molecule has 0 aliphatic rings. The Morgan fingerprint density at radius 3 is 1.58 bits per heavy atom. The summed E-state index contributed by atoms with van der Waals surface area (Å²) in [7, 11) is 8.35. The van der Waals surface area contributed by atoms with Gasteiger partial charge in [0.15, 0.2) is 0 Å². The molecule has 0 saturated carbocycles. The molecule has 0 aliphatic carbocycles. The van der Waals surface area contributed by atoms with Crippen LogP contribution in [0.2, 0.25) is 0 Å². The van der Waals surface area contributed by atoms with Gasteiger partial charge in [-0.1, -0.05) is 42.0 Å². The Morgan fingerprint density at radius 1 is 0.645 bits per heavy atom. The maximum absolute atomic E-state index is 2.20. The predicted molar refractivity (Wildman–Crippen MR) is 131 cm³/mol. The van der Waals surface area contributed by atoms with Crippen LogP contribution in [0.4, 0.5) is 11.4 Å². The summed E-state index contributed by atoms with van der Waals surface area (Å²) in [6.07, 6.45) is 2.03. The molecule has 0 heterocycles. The molecule has 0 spiro atoms. The summed E-state index contributed by atoms with van der Waals surface area (Å²) >= 11 is 0. The number of hydrogen-bond acceptors (Lipinski definition) is 2. The SMILES string of the molecule is CN(C)c1ccccc1C[c-]1[cH-][cH-][cH-][cH-]1.CN(C)c1ccccc1C[c-]1cccc1.[Fe]. The van der Waals surface area contributed by atoms with E-state index in [-0.39, 0.29) is 17.1 Å². The largest absolute Gasteiger partial charge is 0.748 e. The maximum Gasteiger partial charge on any atom is 0.0386 e. The van der Waals surface area contributed by atoms with E-state index in [0.29, 0.717) is 0 Å². The third kappa shape index (κ3) is 7.17. The Bertz CT molecular complexity index is 915. The van der Waals surface area contributed by atoms with Crippen molar-refractivity contribution in [2.45, 2.75) is 12.8 Å². The monoisotopic (exact) mass is 452 g/mol. The summed E-state index contributed by atoms with van der Waals surface area (Å²) in [6, 6.07) is 34.2. The van der Waals surface area contributed by atoms with Gasteiger partial charge in [-0.2, -0.15) is 24.1 Å². The van der Waals surface area contributed by atoms with Crippen molar-refractivity contribution < 1.29 is 17.1 Å². The van der Waals surface area contributed by atoms with E-state index in [1.807, 2.05) is 0 Å². The molecule has 4 rings (SSSR count). The van der Waals surface area contributed by atoms with E-state index in [1.165, 1.54) is 33.6 Å². The topological polar surface area (TPSA) is 6.48 Å². The average Bonchev–Trinajstić information content (AvgIpc) is 3.43. The molecule has 0 aromatic heterocycles. The van der Waals surface area contributed by atoms with E-state index in [2.05, 4.69) is 135 Å².